The van der Waals surface area contributed by atoms with E-state index in [0.29, 0.717) is 17.0 Å². The smallest absolute Gasteiger partial charge is 0.258 e. The number of anilines is 2. The fourth-order valence-electron chi connectivity index (χ4n) is 2.45. The molecule has 1 amide bonds. The molecular formula is C17H14Cl2N2O2. The molecule has 1 heterocycles. The van der Waals surface area contributed by atoms with Crippen LogP contribution in [0, 0.1) is 13.8 Å². The van der Waals surface area contributed by atoms with Crippen molar-refractivity contribution in [3.05, 3.63) is 57.3 Å². The zero-order valence-electron chi connectivity index (χ0n) is 12.5. The summed E-state index contributed by atoms with van der Waals surface area (Å²) in [5, 5.41) is 4.21. The Morgan fingerprint density at radius 3 is 2.48 bits per heavy atom. The van der Waals surface area contributed by atoms with Crippen LogP contribution in [0.2, 0.25) is 10.0 Å². The highest BCUT2D eigenvalue weighted by Gasteiger charge is 2.18. The van der Waals surface area contributed by atoms with Gasteiger partial charge in [0.05, 0.1) is 21.3 Å². The zero-order chi connectivity index (χ0) is 16.7. The molecule has 0 aliphatic heterocycles. The number of nitrogen functional groups attached to an aromatic ring is 1. The predicted molar refractivity (Wildman–Crippen MR) is 94.5 cm³/mol. The van der Waals surface area contributed by atoms with Gasteiger partial charge in [0, 0.05) is 11.1 Å². The third-order valence-corrected chi connectivity index (χ3v) is 4.37. The topological polar surface area (TPSA) is 68.3 Å². The number of rotatable bonds is 2. The largest absolute Gasteiger partial charge is 0.459 e. The monoisotopic (exact) mass is 348 g/mol. The van der Waals surface area contributed by atoms with Gasteiger partial charge in [-0.2, -0.15) is 0 Å². The number of fused-ring (bicyclic) bond motifs is 1. The molecule has 0 saturated carbocycles. The van der Waals surface area contributed by atoms with Crippen molar-refractivity contribution < 1.29 is 9.21 Å². The lowest BCUT2D eigenvalue weighted by Gasteiger charge is -2.09. The molecule has 0 unspecified atom stereocenters. The summed E-state index contributed by atoms with van der Waals surface area (Å²) in [6.07, 6.45) is 0. The van der Waals surface area contributed by atoms with Crippen LogP contribution in [0.15, 0.2) is 34.7 Å². The van der Waals surface area contributed by atoms with Gasteiger partial charge in [0.15, 0.2) is 5.58 Å². The molecule has 0 radical (unpaired) electrons. The van der Waals surface area contributed by atoms with E-state index >= 15 is 0 Å². The number of halogens is 2. The Morgan fingerprint density at radius 2 is 1.83 bits per heavy atom. The summed E-state index contributed by atoms with van der Waals surface area (Å²) < 4.78 is 5.75. The van der Waals surface area contributed by atoms with Crippen LogP contribution < -0.4 is 11.1 Å². The number of hydrogen-bond donors (Lipinski definition) is 2. The van der Waals surface area contributed by atoms with Crippen LogP contribution in [0.5, 0.6) is 0 Å². The molecule has 0 fully saturated rings. The minimum atomic E-state index is -0.417. The average Bonchev–Trinajstić information content (AvgIpc) is 2.75. The molecule has 0 aliphatic rings. The van der Waals surface area contributed by atoms with Gasteiger partial charge in [-0.25, -0.2) is 0 Å². The van der Waals surface area contributed by atoms with E-state index in [-0.39, 0.29) is 15.6 Å². The SMILES string of the molecule is Cc1oc2c(NC(=O)c3c(Cl)cccc3Cl)cc(N)cc2c1C. The Morgan fingerprint density at radius 1 is 1.17 bits per heavy atom. The normalized spacial score (nSPS) is 11.0. The van der Waals surface area contributed by atoms with Crippen molar-refractivity contribution in [3.63, 3.8) is 0 Å². The van der Waals surface area contributed by atoms with Gasteiger partial charge < -0.3 is 15.5 Å². The van der Waals surface area contributed by atoms with E-state index in [1.54, 1.807) is 24.3 Å². The van der Waals surface area contributed by atoms with Crippen LogP contribution in [-0.4, -0.2) is 5.91 Å². The maximum Gasteiger partial charge on any atom is 0.258 e. The van der Waals surface area contributed by atoms with Gasteiger partial charge in [-0.15, -0.1) is 0 Å². The summed E-state index contributed by atoms with van der Waals surface area (Å²) in [7, 11) is 0. The van der Waals surface area contributed by atoms with Crippen molar-refractivity contribution in [3.8, 4) is 0 Å². The van der Waals surface area contributed by atoms with E-state index in [0.717, 1.165) is 16.7 Å². The molecule has 0 bridgehead atoms. The highest BCUT2D eigenvalue weighted by atomic mass is 35.5. The standard InChI is InChI=1S/C17H14Cl2N2O2/c1-8-9(2)23-16-11(8)6-10(20)7-14(16)21-17(22)15-12(18)4-3-5-13(15)19/h3-7H,20H2,1-2H3,(H,21,22). The first-order chi connectivity index (χ1) is 10.9. The molecule has 3 rings (SSSR count). The van der Waals surface area contributed by atoms with E-state index in [4.69, 9.17) is 33.4 Å². The Kier molecular flexibility index (Phi) is 3.96. The first kappa shape index (κ1) is 15.7. The maximum atomic E-state index is 12.5. The number of amides is 1. The van der Waals surface area contributed by atoms with Gasteiger partial charge >= 0.3 is 0 Å². The van der Waals surface area contributed by atoms with Crippen molar-refractivity contribution in [2.75, 3.05) is 11.1 Å². The molecular weight excluding hydrogens is 335 g/mol. The van der Waals surface area contributed by atoms with Crippen LogP contribution in [0.3, 0.4) is 0 Å². The summed E-state index contributed by atoms with van der Waals surface area (Å²) in [4.78, 5) is 12.5. The van der Waals surface area contributed by atoms with Gasteiger partial charge in [-0.05, 0) is 43.7 Å². The highest BCUT2D eigenvalue weighted by molar-refractivity contribution is 6.40. The van der Waals surface area contributed by atoms with Gasteiger partial charge in [0.25, 0.3) is 5.91 Å². The van der Waals surface area contributed by atoms with Crippen molar-refractivity contribution in [1.82, 2.24) is 0 Å². The van der Waals surface area contributed by atoms with Gasteiger partial charge in [-0.3, -0.25) is 4.79 Å². The Labute approximate surface area is 143 Å². The summed E-state index contributed by atoms with van der Waals surface area (Å²) in [6.45, 7) is 3.80. The van der Waals surface area contributed by atoms with Crippen molar-refractivity contribution in [2.45, 2.75) is 13.8 Å². The lowest BCUT2D eigenvalue weighted by Crippen LogP contribution is -2.13. The number of nitrogens with one attached hydrogen (secondary N) is 1. The average molecular weight is 349 g/mol. The number of aryl methyl sites for hydroxylation is 2. The minimum Gasteiger partial charge on any atom is -0.459 e. The molecule has 0 aliphatic carbocycles. The minimum absolute atomic E-state index is 0.214. The van der Waals surface area contributed by atoms with E-state index in [2.05, 4.69) is 5.32 Å². The molecule has 6 heteroatoms. The Bertz CT molecular complexity index is 912. The van der Waals surface area contributed by atoms with E-state index < -0.39 is 5.91 Å². The molecule has 118 valence electrons. The summed E-state index contributed by atoms with van der Waals surface area (Å²) >= 11 is 12.2. The highest BCUT2D eigenvalue weighted by Crippen LogP contribution is 2.34. The van der Waals surface area contributed by atoms with Gasteiger partial charge in [0.1, 0.15) is 5.76 Å². The second-order valence-electron chi connectivity index (χ2n) is 5.28. The molecule has 1 aromatic heterocycles. The molecule has 3 N–H and O–H groups in total. The third-order valence-electron chi connectivity index (χ3n) is 3.74. The Balaban J connectivity index is 2.08. The third kappa shape index (κ3) is 2.76. The number of carbonyl (C=O) groups is 1. The van der Waals surface area contributed by atoms with Crippen LogP contribution in [-0.2, 0) is 0 Å². The number of carbonyl (C=O) groups excluding carboxylic acids is 1. The van der Waals surface area contributed by atoms with E-state index in [1.165, 1.54) is 0 Å². The number of benzene rings is 2. The molecule has 4 nitrogen and oxygen atoms in total. The molecule has 0 atom stereocenters. The fraction of sp³-hybridized carbons (Fsp3) is 0.118. The Hall–Kier alpha value is -2.17. The zero-order valence-corrected chi connectivity index (χ0v) is 14.0. The second-order valence-corrected chi connectivity index (χ2v) is 6.09. The van der Waals surface area contributed by atoms with Crippen LogP contribution >= 0.6 is 23.2 Å². The second kappa shape index (κ2) is 5.80. The van der Waals surface area contributed by atoms with Crippen LogP contribution in [0.1, 0.15) is 21.7 Å². The number of furan rings is 1. The number of nitrogens with two attached hydrogens (primary N) is 1. The van der Waals surface area contributed by atoms with Gasteiger partial charge in [0.2, 0.25) is 0 Å². The van der Waals surface area contributed by atoms with Gasteiger partial charge in [-0.1, -0.05) is 29.3 Å². The first-order valence-corrected chi connectivity index (χ1v) is 7.68. The fourth-order valence-corrected chi connectivity index (χ4v) is 3.02. The lowest BCUT2D eigenvalue weighted by atomic mass is 10.1. The van der Waals surface area contributed by atoms with Crippen LogP contribution in [0.25, 0.3) is 11.0 Å². The summed E-state index contributed by atoms with van der Waals surface area (Å²) in [5.41, 5.74) is 8.72. The molecule has 2 aromatic carbocycles. The lowest BCUT2D eigenvalue weighted by molar-refractivity contribution is 0.102. The first-order valence-electron chi connectivity index (χ1n) is 6.93. The van der Waals surface area contributed by atoms with E-state index in [9.17, 15) is 4.79 Å². The van der Waals surface area contributed by atoms with Crippen molar-refractivity contribution >= 4 is 51.5 Å². The molecule has 23 heavy (non-hydrogen) atoms. The van der Waals surface area contributed by atoms with Crippen molar-refractivity contribution in [2.24, 2.45) is 0 Å². The summed E-state index contributed by atoms with van der Waals surface area (Å²) in [6, 6.07) is 8.36. The molecule has 0 saturated heterocycles. The van der Waals surface area contributed by atoms with Crippen LogP contribution in [0.4, 0.5) is 11.4 Å². The quantitative estimate of drug-likeness (QED) is 0.626. The summed E-state index contributed by atoms with van der Waals surface area (Å²) in [5.74, 6) is 0.357. The van der Waals surface area contributed by atoms with Crippen molar-refractivity contribution in [1.29, 1.82) is 0 Å². The van der Waals surface area contributed by atoms with E-state index in [1.807, 2.05) is 19.9 Å². The maximum absolute atomic E-state index is 12.5. The predicted octanol–water partition coefficient (Wildman–Crippen LogP) is 5.19. The molecule has 0 spiro atoms. The molecule has 3 aromatic rings. The number of hydrogen-bond acceptors (Lipinski definition) is 3.